The molecule has 10 nitrogen and oxygen atoms in total. The number of thiophene rings is 1. The minimum atomic E-state index is -0.604. The van der Waals surface area contributed by atoms with E-state index in [0.29, 0.717) is 48.2 Å². The van der Waals surface area contributed by atoms with E-state index in [1.807, 2.05) is 4.90 Å². The van der Waals surface area contributed by atoms with Gasteiger partial charge < -0.3 is 24.6 Å². The molecule has 0 spiro atoms. The summed E-state index contributed by atoms with van der Waals surface area (Å²) in [6.07, 6.45) is 1.35. The molecule has 0 bridgehead atoms. The van der Waals surface area contributed by atoms with Gasteiger partial charge in [0.05, 0.1) is 24.1 Å². The molecule has 1 aromatic heterocycles. The predicted octanol–water partition coefficient (Wildman–Crippen LogP) is 0.807. The van der Waals surface area contributed by atoms with E-state index in [1.165, 1.54) is 12.0 Å². The van der Waals surface area contributed by atoms with Gasteiger partial charge >= 0.3 is 5.97 Å². The molecule has 2 aliphatic heterocycles. The molecule has 1 atom stereocenters. The smallest absolute Gasteiger partial charge is 0.341 e. The van der Waals surface area contributed by atoms with Gasteiger partial charge in [-0.1, -0.05) is 0 Å². The first-order valence-electron chi connectivity index (χ1n) is 10.6. The maximum Gasteiger partial charge on any atom is 0.341 e. The van der Waals surface area contributed by atoms with Crippen molar-refractivity contribution in [3.8, 4) is 0 Å². The largest absolute Gasteiger partial charge is 0.465 e. The van der Waals surface area contributed by atoms with Crippen LogP contribution in [0.25, 0.3) is 0 Å². The lowest BCUT2D eigenvalue weighted by Crippen LogP contribution is -2.52. The zero-order chi connectivity index (χ0) is 23.4. The minimum Gasteiger partial charge on any atom is -0.465 e. The standard InChI is InChI=1S/C21H30N4O6S/c1-13-16(21(29)30-4)18(32-17(13)20(28)23(2)3)22-15(26)12-24-7-9-25(10-8-24)19(27)14-6-5-11-31-14/h14H,5-12H2,1-4H3,(H,22,26). The Kier molecular flexibility index (Phi) is 7.86. The number of esters is 1. The van der Waals surface area contributed by atoms with Gasteiger partial charge in [0.25, 0.3) is 11.8 Å². The number of nitrogens with zero attached hydrogens (tertiary/aromatic N) is 3. The minimum absolute atomic E-state index is 0.0291. The van der Waals surface area contributed by atoms with Crippen molar-refractivity contribution in [1.29, 1.82) is 0 Å². The normalized spacial score (nSPS) is 19.0. The predicted molar refractivity (Wildman–Crippen MR) is 119 cm³/mol. The summed E-state index contributed by atoms with van der Waals surface area (Å²) in [7, 11) is 4.51. The van der Waals surface area contributed by atoms with Crippen molar-refractivity contribution < 1.29 is 28.7 Å². The van der Waals surface area contributed by atoms with Crippen LogP contribution in [0.5, 0.6) is 0 Å². The number of amides is 3. The van der Waals surface area contributed by atoms with Gasteiger partial charge in [-0.05, 0) is 25.3 Å². The van der Waals surface area contributed by atoms with Crippen LogP contribution >= 0.6 is 11.3 Å². The third-order valence-electron chi connectivity index (χ3n) is 5.65. The highest BCUT2D eigenvalue weighted by Gasteiger charge is 2.31. The summed E-state index contributed by atoms with van der Waals surface area (Å²) in [5, 5.41) is 3.08. The summed E-state index contributed by atoms with van der Waals surface area (Å²) in [6, 6.07) is 0. The number of hydrogen-bond acceptors (Lipinski definition) is 8. The van der Waals surface area contributed by atoms with E-state index in [-0.39, 0.29) is 35.9 Å². The van der Waals surface area contributed by atoms with Crippen molar-refractivity contribution in [2.24, 2.45) is 0 Å². The van der Waals surface area contributed by atoms with E-state index < -0.39 is 5.97 Å². The fourth-order valence-corrected chi connectivity index (χ4v) is 5.06. The number of methoxy groups -OCH3 is 1. The molecule has 3 heterocycles. The zero-order valence-corrected chi connectivity index (χ0v) is 19.8. The van der Waals surface area contributed by atoms with Crippen molar-refractivity contribution in [3.05, 3.63) is 16.0 Å². The number of anilines is 1. The Bertz CT molecular complexity index is 885. The fourth-order valence-electron chi connectivity index (χ4n) is 3.83. The Morgan fingerprint density at radius 1 is 1.19 bits per heavy atom. The van der Waals surface area contributed by atoms with Crippen molar-refractivity contribution in [1.82, 2.24) is 14.7 Å². The summed E-state index contributed by atoms with van der Waals surface area (Å²) in [5.74, 6) is -1.11. The molecular weight excluding hydrogens is 436 g/mol. The highest BCUT2D eigenvalue weighted by molar-refractivity contribution is 7.18. The van der Waals surface area contributed by atoms with Gasteiger partial charge in [0.2, 0.25) is 5.91 Å². The second-order valence-electron chi connectivity index (χ2n) is 8.10. The van der Waals surface area contributed by atoms with Crippen LogP contribution in [0.3, 0.4) is 0 Å². The number of carbonyl (C=O) groups excluding carboxylic acids is 4. The maximum absolute atomic E-state index is 12.7. The van der Waals surface area contributed by atoms with Crippen LogP contribution in [-0.4, -0.2) is 105 Å². The lowest BCUT2D eigenvalue weighted by atomic mass is 10.1. The molecular formula is C21H30N4O6S. The molecule has 2 aliphatic rings. The summed E-state index contributed by atoms with van der Waals surface area (Å²) in [4.78, 5) is 55.5. The molecule has 1 aromatic rings. The average molecular weight is 467 g/mol. The Morgan fingerprint density at radius 3 is 2.44 bits per heavy atom. The van der Waals surface area contributed by atoms with E-state index in [4.69, 9.17) is 9.47 Å². The molecule has 0 saturated carbocycles. The number of piperazine rings is 1. The van der Waals surface area contributed by atoms with Gasteiger partial charge in [0, 0.05) is 46.9 Å². The van der Waals surface area contributed by atoms with Gasteiger partial charge in [0.1, 0.15) is 11.1 Å². The van der Waals surface area contributed by atoms with Gasteiger partial charge in [-0.15, -0.1) is 11.3 Å². The number of rotatable bonds is 6. The van der Waals surface area contributed by atoms with Crippen LogP contribution in [0.2, 0.25) is 0 Å². The molecule has 1 unspecified atom stereocenters. The first kappa shape index (κ1) is 24.1. The molecule has 3 rings (SSSR count). The van der Waals surface area contributed by atoms with Crippen LogP contribution in [0.1, 0.15) is 38.4 Å². The monoisotopic (exact) mass is 466 g/mol. The fraction of sp³-hybridized carbons (Fsp3) is 0.619. The third kappa shape index (κ3) is 5.28. The lowest BCUT2D eigenvalue weighted by Gasteiger charge is -2.35. The molecule has 0 aromatic carbocycles. The molecule has 3 amide bonds. The highest BCUT2D eigenvalue weighted by Crippen LogP contribution is 2.34. The summed E-state index contributed by atoms with van der Waals surface area (Å²) >= 11 is 1.07. The van der Waals surface area contributed by atoms with Crippen LogP contribution in [0.15, 0.2) is 0 Å². The van der Waals surface area contributed by atoms with Gasteiger partial charge in [0.15, 0.2) is 0 Å². The summed E-state index contributed by atoms with van der Waals surface area (Å²) in [5.41, 5.74) is 0.681. The van der Waals surface area contributed by atoms with Crippen LogP contribution in [0.4, 0.5) is 5.00 Å². The van der Waals surface area contributed by atoms with Crippen molar-refractivity contribution in [2.45, 2.75) is 25.9 Å². The second-order valence-corrected chi connectivity index (χ2v) is 9.12. The third-order valence-corrected chi connectivity index (χ3v) is 6.84. The van der Waals surface area contributed by atoms with Crippen molar-refractivity contribution in [3.63, 3.8) is 0 Å². The van der Waals surface area contributed by atoms with Crippen molar-refractivity contribution in [2.75, 3.05) is 65.9 Å². The molecule has 0 radical (unpaired) electrons. The maximum atomic E-state index is 12.7. The molecule has 2 fully saturated rings. The number of ether oxygens (including phenoxy) is 2. The molecule has 32 heavy (non-hydrogen) atoms. The molecule has 11 heteroatoms. The van der Waals surface area contributed by atoms with Crippen LogP contribution < -0.4 is 5.32 Å². The van der Waals surface area contributed by atoms with E-state index >= 15 is 0 Å². The molecule has 176 valence electrons. The average Bonchev–Trinajstić information content (AvgIpc) is 3.41. The molecule has 2 saturated heterocycles. The second kappa shape index (κ2) is 10.4. The lowest BCUT2D eigenvalue weighted by molar-refractivity contribution is -0.142. The molecule has 0 aliphatic carbocycles. The Balaban J connectivity index is 1.61. The quantitative estimate of drug-likeness (QED) is 0.618. The van der Waals surface area contributed by atoms with Crippen LogP contribution in [0, 0.1) is 6.92 Å². The Labute approximate surface area is 191 Å². The SMILES string of the molecule is COC(=O)c1c(NC(=O)CN2CCN(C(=O)C3CCCO3)CC2)sc(C(=O)N(C)C)c1C. The Morgan fingerprint density at radius 2 is 1.88 bits per heavy atom. The van der Waals surface area contributed by atoms with Gasteiger partial charge in [-0.25, -0.2) is 4.79 Å². The number of carbonyl (C=O) groups is 4. The van der Waals surface area contributed by atoms with Gasteiger partial charge in [-0.2, -0.15) is 0 Å². The first-order valence-corrected chi connectivity index (χ1v) is 11.4. The summed E-state index contributed by atoms with van der Waals surface area (Å²) < 4.78 is 10.3. The van der Waals surface area contributed by atoms with Crippen LogP contribution in [-0.2, 0) is 19.1 Å². The van der Waals surface area contributed by atoms with E-state index in [9.17, 15) is 19.2 Å². The van der Waals surface area contributed by atoms with E-state index in [0.717, 1.165) is 24.2 Å². The number of nitrogens with one attached hydrogen (secondary N) is 1. The van der Waals surface area contributed by atoms with Gasteiger partial charge in [-0.3, -0.25) is 19.3 Å². The van der Waals surface area contributed by atoms with E-state index in [1.54, 1.807) is 25.9 Å². The van der Waals surface area contributed by atoms with Crippen molar-refractivity contribution >= 4 is 40.0 Å². The zero-order valence-electron chi connectivity index (χ0n) is 18.9. The van der Waals surface area contributed by atoms with E-state index in [2.05, 4.69) is 5.32 Å². The Hall–Kier alpha value is -2.50. The highest BCUT2D eigenvalue weighted by atomic mass is 32.1. The first-order chi connectivity index (χ1) is 15.2. The number of hydrogen-bond donors (Lipinski definition) is 1. The summed E-state index contributed by atoms with van der Waals surface area (Å²) in [6.45, 7) is 4.65. The molecule has 1 N–H and O–H groups in total. The topological polar surface area (TPSA) is 108 Å².